The van der Waals surface area contributed by atoms with Gasteiger partial charge < -0.3 is 10.1 Å². The fourth-order valence-electron chi connectivity index (χ4n) is 1.02. The summed E-state index contributed by atoms with van der Waals surface area (Å²) in [5, 5.41) is 10.6. The van der Waals surface area contributed by atoms with E-state index in [0.29, 0.717) is 14.6 Å². The number of aromatic amines is 1. The normalized spacial score (nSPS) is 10.3. The highest BCUT2D eigenvalue weighted by Gasteiger charge is 2.02. The molecule has 0 saturated heterocycles. The van der Waals surface area contributed by atoms with E-state index < -0.39 is 6.09 Å². The summed E-state index contributed by atoms with van der Waals surface area (Å²) in [5.41, 5.74) is 0.816. The minimum absolute atomic E-state index is 0.301. The van der Waals surface area contributed by atoms with Crippen LogP contribution in [0, 0.1) is 3.95 Å². The molecule has 0 aliphatic carbocycles. The molecule has 0 unspecified atom stereocenters. The number of H-pyrrole nitrogens is 1. The van der Waals surface area contributed by atoms with Crippen LogP contribution >= 0.6 is 23.6 Å². The van der Waals surface area contributed by atoms with Gasteiger partial charge in [-0.05, 0) is 24.4 Å². The van der Waals surface area contributed by atoms with Gasteiger partial charge in [0, 0.05) is 0 Å². The van der Waals surface area contributed by atoms with E-state index in [9.17, 15) is 4.79 Å². The Hall–Kier alpha value is -1.47. The van der Waals surface area contributed by atoms with Gasteiger partial charge in [0.15, 0.2) is 3.95 Å². The second kappa shape index (κ2) is 3.35. The molecule has 5 nitrogen and oxygen atoms in total. The van der Waals surface area contributed by atoms with E-state index >= 15 is 0 Å². The van der Waals surface area contributed by atoms with Crippen molar-refractivity contribution in [3.05, 3.63) is 16.1 Å². The third-order valence-electron chi connectivity index (χ3n) is 1.52. The minimum atomic E-state index is -1.13. The number of pyridine rings is 1. The molecule has 2 heterocycles. The van der Waals surface area contributed by atoms with Crippen molar-refractivity contribution in [3.8, 4) is 0 Å². The highest BCUT2D eigenvalue weighted by Crippen LogP contribution is 2.18. The molecule has 2 aromatic heterocycles. The predicted molar refractivity (Wildman–Crippen MR) is 56.5 cm³/mol. The van der Waals surface area contributed by atoms with Gasteiger partial charge in [-0.25, -0.2) is 9.78 Å². The average molecular weight is 227 g/mol. The van der Waals surface area contributed by atoms with Gasteiger partial charge in [-0.3, -0.25) is 5.32 Å². The van der Waals surface area contributed by atoms with Crippen molar-refractivity contribution in [2.24, 2.45) is 0 Å². The predicted octanol–water partition coefficient (Wildman–Crippen LogP) is 2.44. The van der Waals surface area contributed by atoms with Crippen LogP contribution in [0.2, 0.25) is 0 Å². The number of aromatic nitrogens is 2. The summed E-state index contributed by atoms with van der Waals surface area (Å²) in [6.45, 7) is 0. The number of thiazole rings is 1. The first-order valence-electron chi connectivity index (χ1n) is 3.65. The summed E-state index contributed by atoms with van der Waals surface area (Å²) in [5.74, 6) is 0.301. The molecule has 72 valence electrons. The highest BCUT2D eigenvalue weighted by atomic mass is 32.1. The van der Waals surface area contributed by atoms with Crippen molar-refractivity contribution in [1.82, 2.24) is 9.97 Å². The van der Waals surface area contributed by atoms with E-state index in [1.165, 1.54) is 11.3 Å². The first kappa shape index (κ1) is 9.10. The number of fused-ring (bicyclic) bond motifs is 1. The molecule has 0 radical (unpaired) electrons. The Balaban J connectivity index is 2.50. The van der Waals surface area contributed by atoms with Crippen LogP contribution in [0.4, 0.5) is 10.6 Å². The van der Waals surface area contributed by atoms with Gasteiger partial charge >= 0.3 is 6.09 Å². The number of anilines is 1. The third-order valence-corrected chi connectivity index (χ3v) is 2.67. The van der Waals surface area contributed by atoms with Gasteiger partial charge in [-0.15, -0.1) is 0 Å². The van der Waals surface area contributed by atoms with Crippen LogP contribution in [-0.4, -0.2) is 21.2 Å². The Kier molecular flexibility index (Phi) is 2.18. The molecule has 0 aliphatic rings. The Morgan fingerprint density at radius 3 is 3.14 bits per heavy atom. The smallest absolute Gasteiger partial charge is 0.410 e. The molecule has 3 N–H and O–H groups in total. The lowest BCUT2D eigenvalue weighted by Crippen LogP contribution is -2.08. The molecule has 0 fully saturated rings. The molecular formula is C7H5N3O2S2. The summed E-state index contributed by atoms with van der Waals surface area (Å²) in [6, 6.07) is 3.31. The van der Waals surface area contributed by atoms with Crippen molar-refractivity contribution >= 4 is 45.8 Å². The number of amides is 1. The Morgan fingerprint density at radius 1 is 1.64 bits per heavy atom. The zero-order chi connectivity index (χ0) is 10.1. The van der Waals surface area contributed by atoms with Gasteiger partial charge in [0.1, 0.15) is 10.6 Å². The molecule has 1 amide bonds. The van der Waals surface area contributed by atoms with Crippen LogP contribution in [0.5, 0.6) is 0 Å². The number of carboxylic acid groups (broad SMARTS) is 1. The lowest BCUT2D eigenvalue weighted by molar-refractivity contribution is 0.209. The number of nitrogens with one attached hydrogen (secondary N) is 2. The van der Waals surface area contributed by atoms with E-state index in [4.69, 9.17) is 17.3 Å². The largest absolute Gasteiger partial charge is 0.465 e. The molecule has 0 aromatic carbocycles. The number of hydrogen-bond donors (Lipinski definition) is 3. The SMILES string of the molecule is O=C(O)Nc1ccc2[nH]c(=S)sc2n1. The fourth-order valence-corrected chi connectivity index (χ4v) is 2.07. The van der Waals surface area contributed by atoms with Crippen LogP contribution in [0.25, 0.3) is 10.3 Å². The van der Waals surface area contributed by atoms with E-state index in [1.54, 1.807) is 12.1 Å². The average Bonchev–Trinajstić information content (AvgIpc) is 2.42. The molecule has 0 aliphatic heterocycles. The van der Waals surface area contributed by atoms with Gasteiger partial charge in [0.25, 0.3) is 0 Å². The first-order valence-corrected chi connectivity index (χ1v) is 4.87. The van der Waals surface area contributed by atoms with Crippen LogP contribution in [0.1, 0.15) is 0 Å². The first-order chi connectivity index (χ1) is 6.65. The Morgan fingerprint density at radius 2 is 2.43 bits per heavy atom. The molecule has 7 heteroatoms. The maximum Gasteiger partial charge on any atom is 0.410 e. The maximum atomic E-state index is 10.3. The molecular weight excluding hydrogens is 222 g/mol. The molecule has 0 spiro atoms. The van der Waals surface area contributed by atoms with Crippen LogP contribution < -0.4 is 5.32 Å². The Labute approximate surface area is 87.4 Å². The topological polar surface area (TPSA) is 78.0 Å². The second-order valence-electron chi connectivity index (χ2n) is 2.49. The molecule has 2 aromatic rings. The summed E-state index contributed by atoms with van der Waals surface area (Å²) < 4.78 is 0.625. The van der Waals surface area contributed by atoms with Crippen LogP contribution in [0.3, 0.4) is 0 Å². The molecule has 0 atom stereocenters. The van der Waals surface area contributed by atoms with Crippen molar-refractivity contribution in [2.45, 2.75) is 0 Å². The zero-order valence-corrected chi connectivity index (χ0v) is 8.41. The standard InChI is InChI=1S/C7H5N3O2S2/c11-6(12)10-4-2-1-3-5(9-4)14-7(13)8-3/h1-2H,(H,8,13)(H,9,10)(H,11,12). The van der Waals surface area contributed by atoms with Crippen molar-refractivity contribution in [2.75, 3.05) is 5.32 Å². The lowest BCUT2D eigenvalue weighted by Gasteiger charge is -1.97. The molecule has 0 bridgehead atoms. The fraction of sp³-hybridized carbons (Fsp3) is 0. The molecule has 14 heavy (non-hydrogen) atoms. The quantitative estimate of drug-likeness (QED) is 0.654. The number of nitrogens with zero attached hydrogens (tertiary/aromatic N) is 1. The number of carbonyl (C=O) groups is 1. The lowest BCUT2D eigenvalue weighted by atomic mass is 10.4. The summed E-state index contributed by atoms with van der Waals surface area (Å²) in [6.07, 6.45) is -1.13. The van der Waals surface area contributed by atoms with E-state index in [0.717, 1.165) is 5.52 Å². The van der Waals surface area contributed by atoms with Crippen LogP contribution in [0.15, 0.2) is 12.1 Å². The summed E-state index contributed by atoms with van der Waals surface area (Å²) >= 11 is 6.24. The summed E-state index contributed by atoms with van der Waals surface area (Å²) in [7, 11) is 0. The minimum Gasteiger partial charge on any atom is -0.465 e. The van der Waals surface area contributed by atoms with Crippen molar-refractivity contribution in [3.63, 3.8) is 0 Å². The van der Waals surface area contributed by atoms with Gasteiger partial charge in [0.2, 0.25) is 0 Å². The van der Waals surface area contributed by atoms with Crippen molar-refractivity contribution < 1.29 is 9.90 Å². The van der Waals surface area contributed by atoms with E-state index in [1.807, 2.05) is 0 Å². The van der Waals surface area contributed by atoms with Gasteiger partial charge in [-0.2, -0.15) is 0 Å². The van der Waals surface area contributed by atoms with Crippen LogP contribution in [-0.2, 0) is 0 Å². The van der Waals surface area contributed by atoms with E-state index in [-0.39, 0.29) is 0 Å². The highest BCUT2D eigenvalue weighted by molar-refractivity contribution is 7.73. The van der Waals surface area contributed by atoms with Crippen molar-refractivity contribution in [1.29, 1.82) is 0 Å². The van der Waals surface area contributed by atoms with E-state index in [2.05, 4.69) is 15.3 Å². The number of hydrogen-bond acceptors (Lipinski definition) is 4. The maximum absolute atomic E-state index is 10.3. The van der Waals surface area contributed by atoms with Gasteiger partial charge in [0.05, 0.1) is 5.52 Å². The molecule has 0 saturated carbocycles. The zero-order valence-electron chi connectivity index (χ0n) is 6.77. The monoisotopic (exact) mass is 227 g/mol. The number of rotatable bonds is 1. The third kappa shape index (κ3) is 1.73. The van der Waals surface area contributed by atoms with Gasteiger partial charge in [-0.1, -0.05) is 11.3 Å². The second-order valence-corrected chi connectivity index (χ2v) is 4.16. The molecule has 2 rings (SSSR count). The summed E-state index contributed by atoms with van der Waals surface area (Å²) in [4.78, 5) is 18.0. The Bertz CT molecular complexity index is 545.